The normalized spacial score (nSPS) is 12.6. The standard InChI is InChI=1S/C18H17ClN4O3S.C2HF3O2/c19-13-8-7-12(27-13)16(24)22-11-5-3-4-10-15(11)18(26)23(17(10)25)9-2-1-6-14(20)21;3-2(4,5)1(6)7/h3-5,7-8H,1-2,6,9H2,(H3,20,21)(H,22,24);(H,6,7). The van der Waals surface area contributed by atoms with Crippen LogP contribution in [0, 0.1) is 5.41 Å². The van der Waals surface area contributed by atoms with Crippen molar-refractivity contribution in [3.8, 4) is 0 Å². The number of nitrogens with zero attached hydrogens (tertiary/aromatic N) is 1. The van der Waals surface area contributed by atoms with E-state index in [4.69, 9.17) is 32.6 Å². The highest BCUT2D eigenvalue weighted by molar-refractivity contribution is 7.18. The molecule has 0 aliphatic carbocycles. The van der Waals surface area contributed by atoms with Gasteiger partial charge in [0.15, 0.2) is 0 Å². The number of alkyl halides is 3. The minimum atomic E-state index is -5.08. The van der Waals surface area contributed by atoms with Crippen LogP contribution >= 0.6 is 22.9 Å². The molecule has 3 rings (SSSR count). The first-order chi connectivity index (χ1) is 15.8. The Morgan fingerprint density at radius 1 is 1.15 bits per heavy atom. The molecule has 1 aliphatic heterocycles. The van der Waals surface area contributed by atoms with Gasteiger partial charge in [-0.25, -0.2) is 4.79 Å². The lowest BCUT2D eigenvalue weighted by molar-refractivity contribution is -0.192. The average Bonchev–Trinajstić information content (AvgIpc) is 3.28. The second-order valence-electron chi connectivity index (χ2n) is 6.83. The molecule has 3 amide bonds. The van der Waals surface area contributed by atoms with Crippen LogP contribution < -0.4 is 11.1 Å². The predicted molar refractivity (Wildman–Crippen MR) is 119 cm³/mol. The average molecular weight is 519 g/mol. The first kappa shape index (κ1) is 26.8. The van der Waals surface area contributed by atoms with E-state index in [-0.39, 0.29) is 35.3 Å². The quantitative estimate of drug-likeness (QED) is 0.188. The number of unbranched alkanes of at least 4 members (excludes halogenated alkanes) is 1. The van der Waals surface area contributed by atoms with Crippen molar-refractivity contribution in [2.45, 2.75) is 25.4 Å². The number of nitrogens with one attached hydrogen (secondary N) is 2. The summed E-state index contributed by atoms with van der Waals surface area (Å²) < 4.78 is 32.2. The number of thiophene rings is 1. The maximum absolute atomic E-state index is 12.7. The molecule has 0 saturated heterocycles. The number of hydrogen-bond acceptors (Lipinski definition) is 6. The Balaban J connectivity index is 0.000000509. The molecule has 14 heteroatoms. The van der Waals surface area contributed by atoms with E-state index >= 15 is 0 Å². The molecule has 2 heterocycles. The largest absolute Gasteiger partial charge is 0.490 e. The molecular weight excluding hydrogens is 501 g/mol. The number of imide groups is 1. The Kier molecular flexibility index (Phi) is 8.76. The highest BCUT2D eigenvalue weighted by Gasteiger charge is 2.38. The monoisotopic (exact) mass is 518 g/mol. The summed E-state index contributed by atoms with van der Waals surface area (Å²) >= 11 is 6.98. The van der Waals surface area contributed by atoms with Gasteiger partial charge in [-0.2, -0.15) is 13.2 Å². The lowest BCUT2D eigenvalue weighted by Gasteiger charge is -2.13. The first-order valence-electron chi connectivity index (χ1n) is 9.51. The molecule has 9 nitrogen and oxygen atoms in total. The maximum Gasteiger partial charge on any atom is 0.490 e. The number of rotatable bonds is 7. The predicted octanol–water partition coefficient (Wildman–Crippen LogP) is 3.99. The number of fused-ring (bicyclic) bond motifs is 1. The van der Waals surface area contributed by atoms with Crippen molar-refractivity contribution in [3.63, 3.8) is 0 Å². The van der Waals surface area contributed by atoms with Gasteiger partial charge < -0.3 is 16.2 Å². The summed E-state index contributed by atoms with van der Waals surface area (Å²) in [6.07, 6.45) is -3.49. The molecule has 182 valence electrons. The summed E-state index contributed by atoms with van der Waals surface area (Å²) in [7, 11) is 0. The zero-order chi connectivity index (χ0) is 25.6. The molecule has 0 spiro atoms. The van der Waals surface area contributed by atoms with E-state index in [1.165, 1.54) is 4.90 Å². The Morgan fingerprint density at radius 3 is 2.32 bits per heavy atom. The highest BCUT2D eigenvalue weighted by atomic mass is 35.5. The molecule has 1 aromatic carbocycles. The fourth-order valence-electron chi connectivity index (χ4n) is 2.85. The van der Waals surface area contributed by atoms with Crippen molar-refractivity contribution in [1.29, 1.82) is 5.41 Å². The van der Waals surface area contributed by atoms with E-state index in [0.717, 1.165) is 11.3 Å². The summed E-state index contributed by atoms with van der Waals surface area (Å²) in [4.78, 5) is 48.2. The number of benzene rings is 1. The van der Waals surface area contributed by atoms with Crippen LogP contribution in [0.25, 0.3) is 0 Å². The molecule has 2 aromatic rings. The minimum absolute atomic E-state index is 0.0797. The molecule has 0 radical (unpaired) electrons. The molecule has 1 aromatic heterocycles. The molecular formula is C20H18ClF3N4O5S. The number of nitrogens with two attached hydrogens (primary N) is 1. The second kappa shape index (κ2) is 11.1. The number of halogens is 4. The molecule has 1 aliphatic rings. The molecule has 0 unspecified atom stereocenters. The van der Waals surface area contributed by atoms with Crippen molar-refractivity contribution < 1.29 is 37.5 Å². The molecule has 0 atom stereocenters. The Bertz CT molecular complexity index is 1140. The van der Waals surface area contributed by atoms with Gasteiger partial charge in [0, 0.05) is 13.0 Å². The van der Waals surface area contributed by atoms with Gasteiger partial charge in [-0.15, -0.1) is 11.3 Å². The van der Waals surface area contributed by atoms with Crippen molar-refractivity contribution in [2.24, 2.45) is 5.73 Å². The van der Waals surface area contributed by atoms with E-state index in [2.05, 4.69) is 5.32 Å². The third-order valence-corrected chi connectivity index (χ3v) is 5.59. The van der Waals surface area contributed by atoms with Crippen molar-refractivity contribution >= 4 is 58.2 Å². The second-order valence-corrected chi connectivity index (χ2v) is 8.55. The van der Waals surface area contributed by atoms with Crippen LogP contribution in [0.15, 0.2) is 30.3 Å². The lowest BCUT2D eigenvalue weighted by atomic mass is 10.1. The summed E-state index contributed by atoms with van der Waals surface area (Å²) in [5, 5.41) is 17.0. The van der Waals surface area contributed by atoms with E-state index < -0.39 is 18.1 Å². The van der Waals surface area contributed by atoms with Gasteiger partial charge in [-0.05, 0) is 37.1 Å². The van der Waals surface area contributed by atoms with Gasteiger partial charge in [-0.3, -0.25) is 24.7 Å². The number of hydrogen-bond donors (Lipinski definition) is 4. The van der Waals surface area contributed by atoms with Crippen LogP contribution in [0.3, 0.4) is 0 Å². The van der Waals surface area contributed by atoms with Crippen LogP contribution in [-0.2, 0) is 4.79 Å². The van der Waals surface area contributed by atoms with E-state index in [1.54, 1.807) is 30.3 Å². The fraction of sp³-hybridized carbons (Fsp3) is 0.250. The molecule has 0 fully saturated rings. The van der Waals surface area contributed by atoms with Crippen molar-refractivity contribution in [1.82, 2.24) is 4.90 Å². The zero-order valence-corrected chi connectivity index (χ0v) is 18.8. The number of aliphatic carboxylic acids is 1. The Morgan fingerprint density at radius 2 is 1.79 bits per heavy atom. The van der Waals surface area contributed by atoms with Gasteiger partial charge in [0.05, 0.1) is 31.9 Å². The van der Waals surface area contributed by atoms with Crippen LogP contribution in [0.5, 0.6) is 0 Å². The summed E-state index contributed by atoms with van der Waals surface area (Å²) in [6, 6.07) is 8.01. The summed E-state index contributed by atoms with van der Waals surface area (Å²) in [5.74, 6) is -3.88. The first-order valence-corrected chi connectivity index (χ1v) is 10.7. The SMILES string of the molecule is N=C(N)CCCCN1C(=O)c2cccc(NC(=O)c3ccc(Cl)s3)c2C1=O.O=C(O)C(F)(F)F. The smallest absolute Gasteiger partial charge is 0.475 e. The van der Waals surface area contributed by atoms with E-state index in [0.29, 0.717) is 34.2 Å². The fourth-order valence-corrected chi connectivity index (χ4v) is 3.78. The van der Waals surface area contributed by atoms with Crippen LogP contribution in [0.2, 0.25) is 4.34 Å². The minimum Gasteiger partial charge on any atom is -0.475 e. The Hall–Kier alpha value is -3.45. The maximum atomic E-state index is 12.7. The number of carbonyl (C=O) groups is 4. The molecule has 0 saturated carbocycles. The number of anilines is 1. The lowest BCUT2D eigenvalue weighted by Crippen LogP contribution is -2.31. The van der Waals surface area contributed by atoms with Gasteiger partial charge >= 0.3 is 12.1 Å². The van der Waals surface area contributed by atoms with Gasteiger partial charge in [0.2, 0.25) is 0 Å². The molecule has 5 N–H and O–H groups in total. The molecule has 34 heavy (non-hydrogen) atoms. The van der Waals surface area contributed by atoms with Crippen LogP contribution in [0.1, 0.15) is 49.7 Å². The highest BCUT2D eigenvalue weighted by Crippen LogP contribution is 2.31. The topological polar surface area (TPSA) is 154 Å². The number of amides is 3. The van der Waals surface area contributed by atoms with Crippen LogP contribution in [0.4, 0.5) is 18.9 Å². The van der Waals surface area contributed by atoms with E-state index in [9.17, 15) is 27.6 Å². The number of amidine groups is 1. The van der Waals surface area contributed by atoms with Crippen molar-refractivity contribution in [3.05, 3.63) is 50.7 Å². The number of carboxylic acid groups (broad SMARTS) is 1. The number of carbonyl (C=O) groups excluding carboxylic acids is 3. The van der Waals surface area contributed by atoms with Gasteiger partial charge in [0.25, 0.3) is 17.7 Å². The van der Waals surface area contributed by atoms with Crippen LogP contribution in [-0.4, -0.2) is 52.3 Å². The van der Waals surface area contributed by atoms with Crippen molar-refractivity contribution in [2.75, 3.05) is 11.9 Å². The summed E-state index contributed by atoms with van der Waals surface area (Å²) in [6.45, 7) is 0.244. The molecule has 0 bridgehead atoms. The third-order valence-electron chi connectivity index (χ3n) is 4.36. The number of carboxylic acids is 1. The summed E-state index contributed by atoms with van der Waals surface area (Å²) in [5.41, 5.74) is 6.08. The third kappa shape index (κ3) is 6.78. The Labute approximate surface area is 199 Å². The van der Waals surface area contributed by atoms with E-state index in [1.807, 2.05) is 0 Å². The van der Waals surface area contributed by atoms with Gasteiger partial charge in [0.1, 0.15) is 0 Å². The van der Waals surface area contributed by atoms with Gasteiger partial charge in [-0.1, -0.05) is 17.7 Å². The zero-order valence-electron chi connectivity index (χ0n) is 17.2.